The predicted octanol–water partition coefficient (Wildman–Crippen LogP) is 0.214. The minimum absolute atomic E-state index is 0.537. The van der Waals surface area contributed by atoms with E-state index in [2.05, 4.69) is 20.6 Å². The molecule has 10 atom stereocenters. The summed E-state index contributed by atoms with van der Waals surface area (Å²) in [6, 6.07) is 13.1. The Bertz CT molecular complexity index is 1490. The molecule has 6 rings (SSSR count). The maximum atomic E-state index is 11.5. The number of hydrogen-bond donors (Lipinski definition) is 6. The highest BCUT2D eigenvalue weighted by Gasteiger charge is 2.51. The lowest BCUT2D eigenvalue weighted by atomic mass is 9.97. The molecule has 2 fully saturated rings. The molecule has 2 aliphatic heterocycles. The van der Waals surface area contributed by atoms with Gasteiger partial charge >= 0.3 is 0 Å². The van der Waals surface area contributed by atoms with Crippen molar-refractivity contribution in [2.75, 3.05) is 13.2 Å². The number of aromatic nitrogens is 6. The SMILES string of the molecule is Cc1ccccc1-c1cn([C@@H]2C(O)[C@H](S[C@@H]3OC(CO)[C@H](O)[C@H](n4cc(-c5ccccc5C)nn4)C3O)OC(CO)[C@@H]2O)nn1. The molecular weight excluding hydrogens is 604 g/mol. The zero-order chi connectivity index (χ0) is 31.8. The Labute approximate surface area is 262 Å². The van der Waals surface area contributed by atoms with Crippen LogP contribution < -0.4 is 0 Å². The molecule has 0 radical (unpaired) electrons. The van der Waals surface area contributed by atoms with Crippen LogP contribution in [0.15, 0.2) is 60.9 Å². The summed E-state index contributed by atoms with van der Waals surface area (Å²) < 4.78 is 14.5. The number of hydrogen-bond acceptors (Lipinski definition) is 13. The molecule has 240 valence electrons. The molecule has 2 aliphatic rings. The van der Waals surface area contributed by atoms with Crippen LogP contribution in [0.5, 0.6) is 0 Å². The van der Waals surface area contributed by atoms with E-state index >= 15 is 0 Å². The van der Waals surface area contributed by atoms with Gasteiger partial charge in [0.15, 0.2) is 0 Å². The van der Waals surface area contributed by atoms with Crippen molar-refractivity contribution in [2.45, 2.75) is 73.4 Å². The minimum atomic E-state index is -1.40. The maximum Gasteiger partial charge on any atom is 0.134 e. The lowest BCUT2D eigenvalue weighted by Crippen LogP contribution is -2.58. The molecule has 0 saturated carbocycles. The Balaban J connectivity index is 1.26. The van der Waals surface area contributed by atoms with Crippen molar-refractivity contribution in [3.8, 4) is 22.5 Å². The van der Waals surface area contributed by atoms with Crippen LogP contribution in [-0.2, 0) is 9.47 Å². The zero-order valence-corrected chi connectivity index (χ0v) is 25.4. The standard InChI is InChI=1S/C30H36N6O8S/c1-15-7-3-5-9-17(15)19-11-35(33-31-19)23-25(39)21(13-37)43-29(27(23)41)45-30-28(42)24(26(40)22(14-38)44-30)36-12-20(32-34-36)18-10-6-4-8-16(18)2/h3-12,21-30,37-42H,13-14H2,1-2H3/t21?,22?,23-,24-,25-,26-,27?,28?,29-,30-/m0/s1. The van der Waals surface area contributed by atoms with E-state index in [1.54, 1.807) is 12.4 Å². The first-order valence-electron chi connectivity index (χ1n) is 14.6. The van der Waals surface area contributed by atoms with Crippen LogP contribution in [0.3, 0.4) is 0 Å². The van der Waals surface area contributed by atoms with Gasteiger partial charge in [0.05, 0.1) is 25.6 Å². The quantitative estimate of drug-likeness (QED) is 0.153. The smallest absolute Gasteiger partial charge is 0.134 e. The number of ether oxygens (including phenoxy) is 2. The van der Waals surface area contributed by atoms with Crippen molar-refractivity contribution in [1.82, 2.24) is 30.0 Å². The number of aryl methyl sites for hydroxylation is 2. The molecule has 0 spiro atoms. The molecule has 0 bridgehead atoms. The molecule has 6 N–H and O–H groups in total. The number of thioether (sulfide) groups is 1. The molecule has 14 nitrogen and oxygen atoms in total. The second kappa shape index (κ2) is 13.2. The van der Waals surface area contributed by atoms with Crippen molar-refractivity contribution < 1.29 is 40.1 Å². The van der Waals surface area contributed by atoms with Gasteiger partial charge in [-0.1, -0.05) is 70.7 Å². The van der Waals surface area contributed by atoms with E-state index in [-0.39, 0.29) is 0 Å². The summed E-state index contributed by atoms with van der Waals surface area (Å²) >= 11 is 0.896. The molecule has 2 aromatic heterocycles. The van der Waals surface area contributed by atoms with Gasteiger partial charge < -0.3 is 40.1 Å². The summed E-state index contributed by atoms with van der Waals surface area (Å²) in [5.74, 6) is 0. The molecule has 15 heteroatoms. The molecule has 0 aliphatic carbocycles. The Hall–Kier alpha value is -3.25. The van der Waals surface area contributed by atoms with Gasteiger partial charge in [0, 0.05) is 11.1 Å². The maximum absolute atomic E-state index is 11.5. The normalized spacial score (nSPS) is 32.1. The molecule has 4 heterocycles. The van der Waals surface area contributed by atoms with E-state index in [9.17, 15) is 30.6 Å². The Morgan fingerprint density at radius 3 is 1.42 bits per heavy atom. The van der Waals surface area contributed by atoms with Gasteiger partial charge in [-0.3, -0.25) is 0 Å². The third kappa shape index (κ3) is 6.03. The summed E-state index contributed by atoms with van der Waals surface area (Å²) in [6.07, 6.45) is -4.48. The van der Waals surface area contributed by atoms with Gasteiger partial charge in [0.25, 0.3) is 0 Å². The molecule has 2 saturated heterocycles. The topological polar surface area (TPSA) is 201 Å². The summed E-state index contributed by atoms with van der Waals surface area (Å²) in [6.45, 7) is 2.75. The van der Waals surface area contributed by atoms with Crippen molar-refractivity contribution in [2.24, 2.45) is 0 Å². The summed E-state index contributed by atoms with van der Waals surface area (Å²) in [4.78, 5) is 0. The Morgan fingerprint density at radius 1 is 0.644 bits per heavy atom. The third-order valence-corrected chi connectivity index (χ3v) is 9.76. The second-order valence-corrected chi connectivity index (χ2v) is 12.5. The summed E-state index contributed by atoms with van der Waals surface area (Å²) in [5, 5.41) is 82.1. The van der Waals surface area contributed by atoms with Gasteiger partial charge in [-0.05, 0) is 25.0 Å². The van der Waals surface area contributed by atoms with Crippen LogP contribution in [0.25, 0.3) is 22.5 Å². The lowest BCUT2D eigenvalue weighted by Gasteiger charge is -2.46. The molecule has 2 aromatic carbocycles. The fourth-order valence-electron chi connectivity index (χ4n) is 5.93. The molecular formula is C30H36N6O8S. The van der Waals surface area contributed by atoms with Gasteiger partial charge in [-0.2, -0.15) is 0 Å². The average Bonchev–Trinajstić information content (AvgIpc) is 3.71. The average molecular weight is 641 g/mol. The first-order valence-corrected chi connectivity index (χ1v) is 15.5. The van der Waals surface area contributed by atoms with Crippen LogP contribution in [0.4, 0.5) is 0 Å². The van der Waals surface area contributed by atoms with E-state index in [0.717, 1.165) is 34.0 Å². The number of nitrogens with zero attached hydrogens (tertiary/aromatic N) is 6. The lowest BCUT2D eigenvalue weighted by molar-refractivity contribution is -0.189. The first kappa shape index (κ1) is 31.7. The van der Waals surface area contributed by atoms with Crippen LogP contribution in [0.1, 0.15) is 23.2 Å². The number of rotatable bonds is 8. The van der Waals surface area contributed by atoms with Gasteiger partial charge in [-0.25, -0.2) is 9.36 Å². The molecule has 0 amide bonds. The van der Waals surface area contributed by atoms with Gasteiger partial charge in [-0.15, -0.1) is 10.2 Å². The fraction of sp³-hybridized carbons (Fsp3) is 0.467. The van der Waals surface area contributed by atoms with E-state index in [4.69, 9.17) is 9.47 Å². The van der Waals surface area contributed by atoms with E-state index < -0.39 is 72.8 Å². The highest BCUT2D eigenvalue weighted by Crippen LogP contribution is 2.42. The van der Waals surface area contributed by atoms with Crippen LogP contribution in [-0.4, -0.2) is 121 Å². The summed E-state index contributed by atoms with van der Waals surface area (Å²) in [5.41, 5.74) is 2.42. The van der Waals surface area contributed by atoms with Crippen molar-refractivity contribution in [3.05, 3.63) is 72.1 Å². The molecule has 45 heavy (non-hydrogen) atoms. The predicted molar refractivity (Wildman–Crippen MR) is 162 cm³/mol. The number of aliphatic hydroxyl groups is 6. The van der Waals surface area contributed by atoms with Crippen molar-refractivity contribution in [3.63, 3.8) is 0 Å². The monoisotopic (exact) mass is 640 g/mol. The molecule has 4 aromatic rings. The zero-order valence-electron chi connectivity index (χ0n) is 24.6. The highest BCUT2D eigenvalue weighted by atomic mass is 32.2. The van der Waals surface area contributed by atoms with Crippen LogP contribution in [0, 0.1) is 13.8 Å². The van der Waals surface area contributed by atoms with Gasteiger partial charge in [0.2, 0.25) is 0 Å². The minimum Gasteiger partial charge on any atom is -0.394 e. The second-order valence-electron chi connectivity index (χ2n) is 11.3. The number of benzene rings is 2. The highest BCUT2D eigenvalue weighted by molar-refractivity contribution is 8.00. The van der Waals surface area contributed by atoms with Gasteiger partial charge in [0.1, 0.15) is 71.0 Å². The van der Waals surface area contributed by atoms with E-state index in [1.807, 2.05) is 62.4 Å². The number of aliphatic hydroxyl groups excluding tert-OH is 6. The largest absolute Gasteiger partial charge is 0.394 e. The third-order valence-electron chi connectivity index (χ3n) is 8.44. The van der Waals surface area contributed by atoms with Crippen LogP contribution in [0.2, 0.25) is 0 Å². The Kier molecular flexibility index (Phi) is 9.33. The van der Waals surface area contributed by atoms with E-state index in [1.165, 1.54) is 9.36 Å². The molecule has 4 unspecified atom stereocenters. The van der Waals surface area contributed by atoms with E-state index in [0.29, 0.717) is 11.4 Å². The Morgan fingerprint density at radius 2 is 1.04 bits per heavy atom. The summed E-state index contributed by atoms with van der Waals surface area (Å²) in [7, 11) is 0. The van der Waals surface area contributed by atoms with Crippen molar-refractivity contribution in [1.29, 1.82) is 0 Å². The van der Waals surface area contributed by atoms with Crippen molar-refractivity contribution >= 4 is 11.8 Å². The first-order chi connectivity index (χ1) is 21.7. The van der Waals surface area contributed by atoms with Crippen LogP contribution >= 0.6 is 11.8 Å². The fourth-order valence-corrected chi connectivity index (χ4v) is 7.25.